The van der Waals surface area contributed by atoms with Gasteiger partial charge in [0.25, 0.3) is 17.4 Å². The summed E-state index contributed by atoms with van der Waals surface area (Å²) in [7, 11) is 0. The van der Waals surface area contributed by atoms with E-state index in [0.29, 0.717) is 29.7 Å². The molecule has 0 aliphatic carbocycles. The molecule has 0 bridgehead atoms. The Balaban J connectivity index is 1.52. The Morgan fingerprint density at radius 2 is 1.71 bits per heavy atom. The number of benzene rings is 1. The van der Waals surface area contributed by atoms with E-state index in [4.69, 9.17) is 0 Å². The van der Waals surface area contributed by atoms with Gasteiger partial charge in [0.15, 0.2) is 0 Å². The van der Waals surface area contributed by atoms with Gasteiger partial charge in [-0.15, -0.1) is 0 Å². The van der Waals surface area contributed by atoms with Crippen molar-refractivity contribution in [1.29, 1.82) is 0 Å². The summed E-state index contributed by atoms with van der Waals surface area (Å²) in [6, 6.07) is 6.51. The summed E-state index contributed by atoms with van der Waals surface area (Å²) in [6.45, 7) is 0.295. The number of fused-ring (bicyclic) bond motifs is 2. The minimum absolute atomic E-state index is 0.177. The molecule has 0 radical (unpaired) electrons. The summed E-state index contributed by atoms with van der Waals surface area (Å²) in [5.41, 5.74) is 1.71. The topological polar surface area (TPSA) is 106 Å². The van der Waals surface area contributed by atoms with E-state index >= 15 is 0 Å². The first-order valence-electron chi connectivity index (χ1n) is 7.57. The van der Waals surface area contributed by atoms with Crippen LogP contribution in [0.3, 0.4) is 0 Å². The summed E-state index contributed by atoms with van der Waals surface area (Å²) in [6.07, 6.45) is 0.530. The number of hydrogen-bond donors (Lipinski definition) is 2. The Morgan fingerprint density at radius 1 is 1.04 bits per heavy atom. The molecule has 2 N–H and O–H groups in total. The van der Waals surface area contributed by atoms with Gasteiger partial charge in [0.2, 0.25) is 5.91 Å². The predicted octanol–water partition coefficient (Wildman–Crippen LogP) is -0.116. The van der Waals surface area contributed by atoms with Crippen LogP contribution < -0.4 is 5.56 Å². The van der Waals surface area contributed by atoms with Crippen LogP contribution >= 0.6 is 0 Å². The summed E-state index contributed by atoms with van der Waals surface area (Å²) in [5, 5.41) is 5.29. The number of hydrogen-bond acceptors (Lipinski definition) is 4. The van der Waals surface area contributed by atoms with E-state index in [-0.39, 0.29) is 24.6 Å². The smallest absolute Gasteiger partial charge is 0.269 e. The predicted molar refractivity (Wildman–Crippen MR) is 82.3 cm³/mol. The lowest BCUT2D eigenvalue weighted by Gasteiger charge is -2.27. The largest absolute Gasteiger partial charge is 0.336 e. The van der Waals surface area contributed by atoms with Gasteiger partial charge in [0, 0.05) is 18.7 Å². The number of carbonyl (C=O) groups excluding carboxylic acids is 3. The molecule has 122 valence electrons. The van der Waals surface area contributed by atoms with Crippen molar-refractivity contribution in [3.63, 3.8) is 0 Å². The molecule has 0 spiro atoms. The van der Waals surface area contributed by atoms with Gasteiger partial charge in [0.05, 0.1) is 23.2 Å². The highest BCUT2D eigenvalue weighted by molar-refractivity contribution is 6.22. The van der Waals surface area contributed by atoms with Gasteiger partial charge in [-0.05, 0) is 12.1 Å². The van der Waals surface area contributed by atoms with Crippen LogP contribution in [-0.4, -0.2) is 50.8 Å². The molecule has 4 rings (SSSR count). The lowest BCUT2D eigenvalue weighted by Crippen LogP contribution is -2.45. The van der Waals surface area contributed by atoms with Crippen LogP contribution in [0.25, 0.3) is 0 Å². The van der Waals surface area contributed by atoms with Crippen LogP contribution in [-0.2, 0) is 17.8 Å². The normalized spacial score (nSPS) is 16.3. The van der Waals surface area contributed by atoms with E-state index in [1.807, 2.05) is 0 Å². The van der Waals surface area contributed by atoms with Crippen molar-refractivity contribution < 1.29 is 14.4 Å². The maximum absolute atomic E-state index is 12.5. The summed E-state index contributed by atoms with van der Waals surface area (Å²) in [4.78, 5) is 51.3. The fourth-order valence-corrected chi connectivity index (χ4v) is 3.15. The van der Waals surface area contributed by atoms with E-state index < -0.39 is 11.8 Å². The standard InChI is InChI=1S/C16H14N4O4/c21-13(19-6-5-12-11(7-19)14(22)18-17-12)8-20-15(23)9-3-1-2-4-10(9)16(20)24/h1-4H,5-8H2,(H2,17,18,22). The highest BCUT2D eigenvalue weighted by Gasteiger charge is 2.37. The molecule has 2 aliphatic rings. The van der Waals surface area contributed by atoms with Gasteiger partial charge < -0.3 is 10.00 Å². The van der Waals surface area contributed by atoms with Crippen LogP contribution in [0.4, 0.5) is 0 Å². The van der Waals surface area contributed by atoms with Crippen LogP contribution in [0.15, 0.2) is 29.1 Å². The third kappa shape index (κ3) is 2.07. The molecule has 2 aromatic rings. The van der Waals surface area contributed by atoms with Gasteiger partial charge in [-0.3, -0.25) is 29.2 Å². The molecule has 8 nitrogen and oxygen atoms in total. The zero-order chi connectivity index (χ0) is 16.8. The minimum atomic E-state index is -0.457. The van der Waals surface area contributed by atoms with Crippen molar-refractivity contribution >= 4 is 17.7 Å². The number of nitrogens with one attached hydrogen (secondary N) is 2. The van der Waals surface area contributed by atoms with Crippen molar-refractivity contribution in [3.05, 3.63) is 57.0 Å². The Morgan fingerprint density at radius 3 is 2.38 bits per heavy atom. The molecular formula is C16H14N4O4. The van der Waals surface area contributed by atoms with E-state index in [9.17, 15) is 19.2 Å². The van der Waals surface area contributed by atoms with Gasteiger partial charge in [-0.2, -0.15) is 0 Å². The second-order valence-corrected chi connectivity index (χ2v) is 5.84. The Hall–Kier alpha value is -3.16. The summed E-state index contributed by atoms with van der Waals surface area (Å²) in [5.74, 6) is -1.27. The average molecular weight is 326 g/mol. The first-order valence-corrected chi connectivity index (χ1v) is 7.57. The van der Waals surface area contributed by atoms with E-state index in [1.165, 1.54) is 4.90 Å². The van der Waals surface area contributed by atoms with Crippen molar-refractivity contribution in [3.8, 4) is 0 Å². The van der Waals surface area contributed by atoms with Crippen molar-refractivity contribution in [1.82, 2.24) is 20.0 Å². The van der Waals surface area contributed by atoms with Crippen molar-refractivity contribution in [2.45, 2.75) is 13.0 Å². The molecule has 0 saturated heterocycles. The van der Waals surface area contributed by atoms with Gasteiger partial charge in [-0.25, -0.2) is 0 Å². The monoisotopic (exact) mass is 326 g/mol. The molecule has 0 atom stereocenters. The SMILES string of the molecule is O=C(CN1C(=O)c2ccccc2C1=O)N1CCc2[nH][nH]c(=O)c2C1. The third-order valence-electron chi connectivity index (χ3n) is 4.47. The van der Waals surface area contributed by atoms with Crippen LogP contribution in [0.5, 0.6) is 0 Å². The quantitative estimate of drug-likeness (QED) is 0.751. The highest BCUT2D eigenvalue weighted by Crippen LogP contribution is 2.23. The maximum atomic E-state index is 12.5. The van der Waals surface area contributed by atoms with Crippen LogP contribution in [0.1, 0.15) is 32.0 Å². The molecule has 0 fully saturated rings. The summed E-state index contributed by atoms with van der Waals surface area (Å²) >= 11 is 0. The van der Waals surface area contributed by atoms with Gasteiger partial charge in [0.1, 0.15) is 6.54 Å². The maximum Gasteiger partial charge on any atom is 0.269 e. The van der Waals surface area contributed by atoms with Crippen LogP contribution in [0, 0.1) is 0 Å². The fourth-order valence-electron chi connectivity index (χ4n) is 3.15. The lowest BCUT2D eigenvalue weighted by molar-refractivity contribution is -0.132. The van der Waals surface area contributed by atoms with E-state index in [1.54, 1.807) is 24.3 Å². The molecule has 1 aromatic carbocycles. The molecule has 0 unspecified atom stereocenters. The number of H-pyrrole nitrogens is 2. The molecule has 2 aliphatic heterocycles. The van der Waals surface area contributed by atoms with E-state index in [2.05, 4.69) is 10.2 Å². The van der Waals surface area contributed by atoms with Crippen molar-refractivity contribution in [2.75, 3.05) is 13.1 Å². The fraction of sp³-hybridized carbons (Fsp3) is 0.250. The molecule has 3 amide bonds. The number of rotatable bonds is 2. The number of carbonyl (C=O) groups is 3. The van der Waals surface area contributed by atoms with Crippen molar-refractivity contribution in [2.24, 2.45) is 0 Å². The zero-order valence-electron chi connectivity index (χ0n) is 12.7. The molecule has 3 heterocycles. The number of aromatic nitrogens is 2. The molecule has 1 aromatic heterocycles. The first kappa shape index (κ1) is 14.4. The van der Waals surface area contributed by atoms with E-state index in [0.717, 1.165) is 10.6 Å². The third-order valence-corrected chi connectivity index (χ3v) is 4.47. The molecule has 0 saturated carbocycles. The molecule has 24 heavy (non-hydrogen) atoms. The average Bonchev–Trinajstić information content (AvgIpc) is 3.08. The minimum Gasteiger partial charge on any atom is -0.336 e. The van der Waals surface area contributed by atoms with Gasteiger partial charge >= 0.3 is 0 Å². The Labute approximate surface area is 136 Å². The Kier molecular flexibility index (Phi) is 3.12. The summed E-state index contributed by atoms with van der Waals surface area (Å²) < 4.78 is 0. The second-order valence-electron chi connectivity index (χ2n) is 5.84. The number of aromatic amines is 2. The lowest BCUT2D eigenvalue weighted by atomic mass is 10.1. The number of amides is 3. The number of imide groups is 1. The first-order chi connectivity index (χ1) is 11.6. The zero-order valence-corrected chi connectivity index (χ0v) is 12.7. The van der Waals surface area contributed by atoms with Gasteiger partial charge in [-0.1, -0.05) is 12.1 Å². The molecular weight excluding hydrogens is 312 g/mol. The Bertz CT molecular complexity index is 891. The number of nitrogens with zero attached hydrogens (tertiary/aromatic N) is 2. The highest BCUT2D eigenvalue weighted by atomic mass is 16.2. The van der Waals surface area contributed by atoms with Crippen LogP contribution in [0.2, 0.25) is 0 Å². The second kappa shape index (κ2) is 5.19. The molecule has 8 heteroatoms.